The van der Waals surface area contributed by atoms with Crippen molar-refractivity contribution in [1.82, 2.24) is 20.5 Å². The first kappa shape index (κ1) is 13.0. The fraction of sp³-hybridized carbons (Fsp3) is 0.250. The predicted molar refractivity (Wildman–Crippen MR) is 68.1 cm³/mol. The second kappa shape index (κ2) is 6.50. The van der Waals surface area contributed by atoms with Gasteiger partial charge in [-0.25, -0.2) is 4.98 Å². The molecule has 2 rings (SSSR count). The molecule has 0 atom stereocenters. The van der Waals surface area contributed by atoms with Gasteiger partial charge < -0.3 is 15.8 Å². The Morgan fingerprint density at radius 3 is 2.74 bits per heavy atom. The number of nitrogens with two attached hydrogens (primary N) is 1. The molecule has 0 unspecified atom stereocenters. The van der Waals surface area contributed by atoms with Gasteiger partial charge in [0.2, 0.25) is 0 Å². The predicted octanol–water partition coefficient (Wildman–Crippen LogP) is -0.0414. The number of hydrogen-bond acceptors (Lipinski definition) is 5. The SMILES string of the molecule is NC(=O)COc1ccc(CNCc2ncn[nH]2)cc1. The van der Waals surface area contributed by atoms with Gasteiger partial charge in [-0.3, -0.25) is 9.89 Å². The van der Waals surface area contributed by atoms with E-state index >= 15 is 0 Å². The minimum atomic E-state index is -0.488. The lowest BCUT2D eigenvalue weighted by Crippen LogP contribution is -2.20. The van der Waals surface area contributed by atoms with Crippen molar-refractivity contribution < 1.29 is 9.53 Å². The molecule has 0 saturated heterocycles. The molecule has 1 aromatic carbocycles. The highest BCUT2D eigenvalue weighted by Gasteiger charge is 1.99. The zero-order chi connectivity index (χ0) is 13.5. The molecule has 7 nitrogen and oxygen atoms in total. The van der Waals surface area contributed by atoms with Crippen LogP contribution in [0, 0.1) is 0 Å². The van der Waals surface area contributed by atoms with Crippen LogP contribution in [0.3, 0.4) is 0 Å². The molecule has 2 aromatic rings. The summed E-state index contributed by atoms with van der Waals surface area (Å²) in [5, 5.41) is 9.76. The molecule has 0 spiro atoms. The molecule has 0 aliphatic rings. The van der Waals surface area contributed by atoms with E-state index in [0.29, 0.717) is 18.8 Å². The monoisotopic (exact) mass is 261 g/mol. The summed E-state index contributed by atoms with van der Waals surface area (Å²) < 4.78 is 5.17. The number of aromatic nitrogens is 3. The van der Waals surface area contributed by atoms with Crippen molar-refractivity contribution in [2.24, 2.45) is 5.73 Å². The van der Waals surface area contributed by atoms with E-state index in [1.54, 1.807) is 12.1 Å². The second-order valence-electron chi connectivity index (χ2n) is 3.93. The van der Waals surface area contributed by atoms with E-state index < -0.39 is 5.91 Å². The van der Waals surface area contributed by atoms with Gasteiger partial charge in [-0.1, -0.05) is 12.1 Å². The Bertz CT molecular complexity index is 509. The quantitative estimate of drug-likeness (QED) is 0.648. The lowest BCUT2D eigenvalue weighted by Gasteiger charge is -2.06. The van der Waals surface area contributed by atoms with E-state index in [0.717, 1.165) is 11.4 Å². The van der Waals surface area contributed by atoms with Crippen molar-refractivity contribution in [2.75, 3.05) is 6.61 Å². The maximum Gasteiger partial charge on any atom is 0.255 e. The number of amides is 1. The summed E-state index contributed by atoms with van der Waals surface area (Å²) in [6.45, 7) is 1.22. The summed E-state index contributed by atoms with van der Waals surface area (Å²) in [5.74, 6) is 0.928. The largest absolute Gasteiger partial charge is 0.484 e. The van der Waals surface area contributed by atoms with E-state index in [2.05, 4.69) is 20.5 Å². The minimum Gasteiger partial charge on any atom is -0.484 e. The third-order valence-corrected chi connectivity index (χ3v) is 2.39. The van der Waals surface area contributed by atoms with E-state index in [9.17, 15) is 4.79 Å². The standard InChI is InChI=1S/C12H15N5O2/c13-11(18)7-19-10-3-1-9(2-4-10)5-14-6-12-15-8-16-17-12/h1-4,8,14H,5-7H2,(H2,13,18)(H,15,16,17). The number of nitrogens with one attached hydrogen (secondary N) is 2. The number of carbonyl (C=O) groups is 1. The van der Waals surface area contributed by atoms with Gasteiger partial charge in [-0.05, 0) is 17.7 Å². The third-order valence-electron chi connectivity index (χ3n) is 2.39. The second-order valence-corrected chi connectivity index (χ2v) is 3.93. The molecular formula is C12H15N5O2. The normalized spacial score (nSPS) is 10.3. The highest BCUT2D eigenvalue weighted by atomic mass is 16.5. The summed E-state index contributed by atoms with van der Waals surface area (Å²) in [6, 6.07) is 7.44. The molecule has 4 N–H and O–H groups in total. The average Bonchev–Trinajstić information content (AvgIpc) is 2.91. The first-order valence-electron chi connectivity index (χ1n) is 5.79. The number of benzene rings is 1. The highest BCUT2D eigenvalue weighted by molar-refractivity contribution is 5.75. The van der Waals surface area contributed by atoms with Gasteiger partial charge >= 0.3 is 0 Å². The number of nitrogens with zero attached hydrogens (tertiary/aromatic N) is 2. The Hall–Kier alpha value is -2.41. The average molecular weight is 261 g/mol. The van der Waals surface area contributed by atoms with Gasteiger partial charge in [-0.15, -0.1) is 0 Å². The molecule has 1 amide bonds. The van der Waals surface area contributed by atoms with Crippen molar-refractivity contribution in [1.29, 1.82) is 0 Å². The zero-order valence-corrected chi connectivity index (χ0v) is 10.3. The lowest BCUT2D eigenvalue weighted by atomic mass is 10.2. The van der Waals surface area contributed by atoms with Crippen LogP contribution in [0.15, 0.2) is 30.6 Å². The topological polar surface area (TPSA) is 106 Å². The molecule has 100 valence electrons. The van der Waals surface area contributed by atoms with Gasteiger partial charge in [0.05, 0.1) is 6.54 Å². The molecule has 1 aromatic heterocycles. The van der Waals surface area contributed by atoms with E-state index in [-0.39, 0.29) is 6.61 Å². The zero-order valence-electron chi connectivity index (χ0n) is 10.3. The van der Waals surface area contributed by atoms with E-state index in [4.69, 9.17) is 10.5 Å². The Morgan fingerprint density at radius 1 is 1.32 bits per heavy atom. The van der Waals surface area contributed by atoms with Gasteiger partial charge in [0.15, 0.2) is 6.61 Å². The number of ether oxygens (including phenoxy) is 1. The number of aromatic amines is 1. The molecule has 0 fully saturated rings. The Labute approximate surface area is 110 Å². The van der Waals surface area contributed by atoms with Crippen LogP contribution in [0.5, 0.6) is 5.75 Å². The maximum atomic E-state index is 10.6. The first-order valence-corrected chi connectivity index (χ1v) is 5.79. The van der Waals surface area contributed by atoms with Crippen LogP contribution in [-0.2, 0) is 17.9 Å². The van der Waals surface area contributed by atoms with Gasteiger partial charge in [-0.2, -0.15) is 5.10 Å². The molecule has 7 heteroatoms. The first-order chi connectivity index (χ1) is 9.24. The van der Waals surface area contributed by atoms with Crippen molar-refractivity contribution >= 4 is 5.91 Å². The Kier molecular flexibility index (Phi) is 4.46. The summed E-state index contributed by atoms with van der Waals surface area (Å²) in [5.41, 5.74) is 6.10. The van der Waals surface area contributed by atoms with E-state index in [1.807, 2.05) is 12.1 Å². The molecule has 19 heavy (non-hydrogen) atoms. The molecule has 1 heterocycles. The summed E-state index contributed by atoms with van der Waals surface area (Å²) in [6.07, 6.45) is 1.47. The Morgan fingerprint density at radius 2 is 2.11 bits per heavy atom. The Balaban J connectivity index is 1.76. The van der Waals surface area contributed by atoms with Crippen molar-refractivity contribution in [3.05, 3.63) is 42.0 Å². The molecule has 0 radical (unpaired) electrons. The number of rotatable bonds is 7. The van der Waals surface area contributed by atoms with Crippen LogP contribution in [-0.4, -0.2) is 27.7 Å². The molecule has 0 aliphatic carbocycles. The van der Waals surface area contributed by atoms with E-state index in [1.165, 1.54) is 6.33 Å². The fourth-order valence-electron chi connectivity index (χ4n) is 1.50. The van der Waals surface area contributed by atoms with Gasteiger partial charge in [0.1, 0.15) is 17.9 Å². The van der Waals surface area contributed by atoms with Gasteiger partial charge in [0.25, 0.3) is 5.91 Å². The highest BCUT2D eigenvalue weighted by Crippen LogP contribution is 2.11. The fourth-order valence-corrected chi connectivity index (χ4v) is 1.50. The van der Waals surface area contributed by atoms with Crippen LogP contribution >= 0.6 is 0 Å². The lowest BCUT2D eigenvalue weighted by molar-refractivity contribution is -0.119. The molecule has 0 aliphatic heterocycles. The maximum absolute atomic E-state index is 10.6. The number of H-pyrrole nitrogens is 1. The smallest absolute Gasteiger partial charge is 0.255 e. The van der Waals surface area contributed by atoms with Crippen LogP contribution in [0.4, 0.5) is 0 Å². The van der Waals surface area contributed by atoms with Crippen LogP contribution < -0.4 is 15.8 Å². The number of hydrogen-bond donors (Lipinski definition) is 3. The minimum absolute atomic E-state index is 0.108. The summed E-state index contributed by atoms with van der Waals surface area (Å²) in [4.78, 5) is 14.6. The van der Waals surface area contributed by atoms with Gasteiger partial charge in [0, 0.05) is 6.54 Å². The van der Waals surface area contributed by atoms with Crippen molar-refractivity contribution in [3.8, 4) is 5.75 Å². The number of primary amides is 1. The molecule has 0 bridgehead atoms. The molecule has 0 saturated carbocycles. The van der Waals surface area contributed by atoms with Crippen molar-refractivity contribution in [3.63, 3.8) is 0 Å². The van der Waals surface area contributed by atoms with Crippen LogP contribution in [0.2, 0.25) is 0 Å². The number of carbonyl (C=O) groups excluding carboxylic acids is 1. The third kappa shape index (κ3) is 4.40. The van der Waals surface area contributed by atoms with Crippen molar-refractivity contribution in [2.45, 2.75) is 13.1 Å². The summed E-state index contributed by atoms with van der Waals surface area (Å²) in [7, 11) is 0. The van der Waals surface area contributed by atoms with Crippen LogP contribution in [0.1, 0.15) is 11.4 Å². The summed E-state index contributed by atoms with van der Waals surface area (Å²) >= 11 is 0. The van der Waals surface area contributed by atoms with Crippen LogP contribution in [0.25, 0.3) is 0 Å². The molecular weight excluding hydrogens is 246 g/mol.